The van der Waals surface area contributed by atoms with Gasteiger partial charge < -0.3 is 9.64 Å². The van der Waals surface area contributed by atoms with Crippen LogP contribution in [0.4, 0.5) is 5.69 Å². The fraction of sp³-hybridized carbons (Fsp3) is 0.158. The highest BCUT2D eigenvalue weighted by atomic mass is 16.5. The molecule has 0 radical (unpaired) electrons. The van der Waals surface area contributed by atoms with Gasteiger partial charge >= 0.3 is 5.97 Å². The summed E-state index contributed by atoms with van der Waals surface area (Å²) in [6.45, 7) is 2.03. The first-order valence-corrected chi connectivity index (χ1v) is 7.35. The second-order valence-corrected chi connectivity index (χ2v) is 4.91. The number of anilines is 1. The van der Waals surface area contributed by atoms with Crippen molar-refractivity contribution in [1.82, 2.24) is 0 Å². The van der Waals surface area contributed by atoms with Crippen LogP contribution in [-0.2, 0) is 4.74 Å². The molecule has 0 aliphatic carbocycles. The number of hydrogen-bond acceptors (Lipinski definition) is 3. The fourth-order valence-electron chi connectivity index (χ4n) is 2.09. The maximum absolute atomic E-state index is 12.7. The van der Waals surface area contributed by atoms with Crippen LogP contribution in [0.5, 0.6) is 0 Å². The highest BCUT2D eigenvalue weighted by molar-refractivity contribution is 6.11. The van der Waals surface area contributed by atoms with Crippen molar-refractivity contribution in [3.8, 4) is 0 Å². The van der Waals surface area contributed by atoms with Gasteiger partial charge in [0.25, 0.3) is 5.91 Å². The molecule has 0 bridgehead atoms. The van der Waals surface area contributed by atoms with Gasteiger partial charge in [-0.15, -0.1) is 0 Å². The lowest BCUT2D eigenvalue weighted by Gasteiger charge is -2.18. The SMILES string of the molecule is C/C=C/COC(=O)c1ccccc1C(=O)N(C)c1ccccc1. The molecule has 0 unspecified atom stereocenters. The molecule has 0 spiro atoms. The summed E-state index contributed by atoms with van der Waals surface area (Å²) in [4.78, 5) is 26.4. The number of ether oxygens (including phenoxy) is 1. The van der Waals surface area contributed by atoms with Crippen LogP contribution in [0.25, 0.3) is 0 Å². The predicted molar refractivity (Wildman–Crippen MR) is 90.7 cm³/mol. The van der Waals surface area contributed by atoms with Gasteiger partial charge in [-0.2, -0.15) is 0 Å². The van der Waals surface area contributed by atoms with Crippen LogP contribution < -0.4 is 4.90 Å². The van der Waals surface area contributed by atoms with Crippen molar-refractivity contribution in [1.29, 1.82) is 0 Å². The van der Waals surface area contributed by atoms with E-state index < -0.39 is 5.97 Å². The molecule has 0 aliphatic heterocycles. The Morgan fingerprint density at radius 2 is 1.61 bits per heavy atom. The summed E-state index contributed by atoms with van der Waals surface area (Å²) in [7, 11) is 1.68. The minimum absolute atomic E-state index is 0.187. The fourth-order valence-corrected chi connectivity index (χ4v) is 2.09. The van der Waals surface area contributed by atoms with E-state index in [-0.39, 0.29) is 18.1 Å². The molecule has 2 aromatic rings. The summed E-state index contributed by atoms with van der Waals surface area (Å²) in [5, 5.41) is 0. The minimum Gasteiger partial charge on any atom is -0.458 e. The van der Waals surface area contributed by atoms with E-state index in [1.807, 2.05) is 37.3 Å². The molecule has 0 fully saturated rings. The van der Waals surface area contributed by atoms with Crippen LogP contribution in [0, 0.1) is 0 Å². The van der Waals surface area contributed by atoms with Crippen LogP contribution >= 0.6 is 0 Å². The van der Waals surface area contributed by atoms with Crippen LogP contribution in [-0.4, -0.2) is 25.5 Å². The van der Waals surface area contributed by atoms with E-state index in [4.69, 9.17) is 4.74 Å². The second-order valence-electron chi connectivity index (χ2n) is 4.91. The quantitative estimate of drug-likeness (QED) is 0.625. The molecule has 2 rings (SSSR count). The first kappa shape index (κ1) is 16.5. The van der Waals surface area contributed by atoms with Crippen LogP contribution in [0.3, 0.4) is 0 Å². The zero-order chi connectivity index (χ0) is 16.7. The summed E-state index contributed by atoms with van der Waals surface area (Å²) < 4.78 is 5.15. The first-order chi connectivity index (χ1) is 11.1. The molecule has 0 saturated heterocycles. The molecule has 23 heavy (non-hydrogen) atoms. The van der Waals surface area contributed by atoms with E-state index in [1.54, 1.807) is 43.5 Å². The van der Waals surface area contributed by atoms with Gasteiger partial charge in [-0.1, -0.05) is 42.5 Å². The summed E-state index contributed by atoms with van der Waals surface area (Å²) >= 11 is 0. The highest BCUT2D eigenvalue weighted by Crippen LogP contribution is 2.18. The summed E-state index contributed by atoms with van der Waals surface area (Å²) in [5.41, 5.74) is 1.35. The van der Waals surface area contributed by atoms with E-state index in [2.05, 4.69) is 0 Å². The number of rotatable bonds is 5. The van der Waals surface area contributed by atoms with Crippen molar-refractivity contribution in [3.05, 3.63) is 77.9 Å². The summed E-state index contributed by atoms with van der Waals surface area (Å²) in [6.07, 6.45) is 3.53. The van der Waals surface area contributed by atoms with E-state index >= 15 is 0 Å². The molecule has 0 saturated carbocycles. The normalized spacial score (nSPS) is 10.5. The monoisotopic (exact) mass is 309 g/mol. The van der Waals surface area contributed by atoms with Crippen LogP contribution in [0.1, 0.15) is 27.6 Å². The Balaban J connectivity index is 2.25. The third-order valence-corrected chi connectivity index (χ3v) is 3.37. The Morgan fingerprint density at radius 3 is 2.26 bits per heavy atom. The van der Waals surface area contributed by atoms with Gasteiger partial charge in [0.2, 0.25) is 0 Å². The number of nitrogens with zero attached hydrogens (tertiary/aromatic N) is 1. The van der Waals surface area contributed by atoms with Crippen molar-refractivity contribution in [3.63, 3.8) is 0 Å². The molecule has 0 aromatic heterocycles. The van der Waals surface area contributed by atoms with E-state index in [0.717, 1.165) is 5.69 Å². The number of para-hydroxylation sites is 1. The van der Waals surface area contributed by atoms with Crippen molar-refractivity contribution >= 4 is 17.6 Å². The molecule has 4 heteroatoms. The predicted octanol–water partition coefficient (Wildman–Crippen LogP) is 3.70. The molecule has 118 valence electrons. The van der Waals surface area contributed by atoms with E-state index in [9.17, 15) is 9.59 Å². The second kappa shape index (κ2) is 7.94. The zero-order valence-electron chi connectivity index (χ0n) is 13.2. The molecule has 4 nitrogen and oxygen atoms in total. The Bertz CT molecular complexity index is 708. The average molecular weight is 309 g/mol. The molecular weight excluding hydrogens is 290 g/mol. The Labute approximate surface area is 136 Å². The van der Waals surface area contributed by atoms with E-state index in [1.165, 1.54) is 4.90 Å². The number of carbonyl (C=O) groups is 2. The van der Waals surface area contributed by atoms with Gasteiger partial charge in [-0.25, -0.2) is 4.79 Å². The van der Waals surface area contributed by atoms with Gasteiger partial charge in [-0.05, 0) is 31.2 Å². The topological polar surface area (TPSA) is 46.6 Å². The largest absolute Gasteiger partial charge is 0.458 e. The molecule has 0 heterocycles. The number of hydrogen-bond donors (Lipinski definition) is 0. The van der Waals surface area contributed by atoms with Crippen LogP contribution in [0.15, 0.2) is 66.7 Å². The van der Waals surface area contributed by atoms with Gasteiger partial charge in [0.05, 0.1) is 11.1 Å². The third-order valence-electron chi connectivity index (χ3n) is 3.37. The maximum Gasteiger partial charge on any atom is 0.339 e. The van der Waals surface area contributed by atoms with Crippen molar-refractivity contribution in [2.75, 3.05) is 18.6 Å². The molecule has 1 amide bonds. The number of amides is 1. The van der Waals surface area contributed by atoms with Crippen molar-refractivity contribution in [2.24, 2.45) is 0 Å². The Kier molecular flexibility index (Phi) is 5.69. The molecular formula is C19H19NO3. The molecule has 0 N–H and O–H groups in total. The minimum atomic E-state index is -0.506. The Hall–Kier alpha value is -2.88. The maximum atomic E-state index is 12.7. The smallest absolute Gasteiger partial charge is 0.339 e. The summed E-state index contributed by atoms with van der Waals surface area (Å²) in [5.74, 6) is -0.761. The lowest BCUT2D eigenvalue weighted by molar-refractivity contribution is 0.0546. The number of benzene rings is 2. The molecule has 0 atom stereocenters. The van der Waals surface area contributed by atoms with Gasteiger partial charge in [-0.3, -0.25) is 4.79 Å². The number of carbonyl (C=O) groups excluding carboxylic acids is 2. The first-order valence-electron chi connectivity index (χ1n) is 7.35. The lowest BCUT2D eigenvalue weighted by atomic mass is 10.1. The molecule has 2 aromatic carbocycles. The van der Waals surface area contributed by atoms with Crippen molar-refractivity contribution < 1.29 is 14.3 Å². The van der Waals surface area contributed by atoms with Gasteiger partial charge in [0.1, 0.15) is 6.61 Å². The average Bonchev–Trinajstić information content (AvgIpc) is 2.61. The Morgan fingerprint density at radius 1 is 1.00 bits per heavy atom. The third kappa shape index (κ3) is 4.07. The van der Waals surface area contributed by atoms with Gasteiger partial charge in [0.15, 0.2) is 0 Å². The van der Waals surface area contributed by atoms with Crippen LogP contribution in [0.2, 0.25) is 0 Å². The highest BCUT2D eigenvalue weighted by Gasteiger charge is 2.21. The molecule has 0 aliphatic rings. The van der Waals surface area contributed by atoms with Gasteiger partial charge in [0, 0.05) is 12.7 Å². The lowest BCUT2D eigenvalue weighted by Crippen LogP contribution is -2.28. The zero-order valence-corrected chi connectivity index (χ0v) is 13.2. The standard InChI is InChI=1S/C19H19NO3/c1-3-4-14-23-19(22)17-13-9-8-12-16(17)18(21)20(2)15-10-6-5-7-11-15/h3-13H,14H2,1-2H3/b4-3+. The number of allylic oxidation sites excluding steroid dienone is 1. The van der Waals surface area contributed by atoms with E-state index in [0.29, 0.717) is 5.56 Å². The number of esters is 1. The van der Waals surface area contributed by atoms with Crippen molar-refractivity contribution in [2.45, 2.75) is 6.92 Å². The summed E-state index contributed by atoms with van der Waals surface area (Å²) in [6, 6.07) is 16.0.